The van der Waals surface area contributed by atoms with Crippen LogP contribution in [-0.4, -0.2) is 64.1 Å². The SMILES string of the molecule is COc1ccc(NS(=O)(=O)c2cc(NC(=O)Cc3ccccc3Cl)ccc2-n2cc(N(CC[Si](C)(C)C)C(=O)O)cn2)c(OC)c1. The number of hydrogen-bond donors (Lipinski definition) is 3. The van der Waals surface area contributed by atoms with Crippen LogP contribution < -0.4 is 24.4 Å². The molecular weight excluding hydrogens is 650 g/mol. The Kier molecular flexibility index (Phi) is 10.7. The van der Waals surface area contributed by atoms with Crippen molar-refractivity contribution in [1.82, 2.24) is 9.78 Å². The van der Waals surface area contributed by atoms with Crippen LogP contribution in [0.3, 0.4) is 0 Å². The summed E-state index contributed by atoms with van der Waals surface area (Å²) in [5, 5.41) is 17.4. The minimum atomic E-state index is -4.35. The maximum atomic E-state index is 14.0. The molecule has 244 valence electrons. The van der Waals surface area contributed by atoms with Gasteiger partial charge in [-0.2, -0.15) is 5.10 Å². The average molecular weight is 686 g/mol. The minimum Gasteiger partial charge on any atom is -0.497 e. The molecule has 4 rings (SSSR count). The number of ether oxygens (including phenoxy) is 2. The third-order valence-electron chi connectivity index (χ3n) is 6.94. The van der Waals surface area contributed by atoms with Gasteiger partial charge in [-0.1, -0.05) is 49.4 Å². The summed E-state index contributed by atoms with van der Waals surface area (Å²) >= 11 is 6.22. The third-order valence-corrected chi connectivity index (χ3v) is 10.4. The van der Waals surface area contributed by atoms with Crippen molar-refractivity contribution in [3.05, 3.63) is 83.6 Å². The number of nitrogens with zero attached hydrogens (tertiary/aromatic N) is 3. The normalized spacial score (nSPS) is 11.5. The highest BCUT2D eigenvalue weighted by Gasteiger charge is 2.26. The number of aromatic nitrogens is 2. The molecule has 0 bridgehead atoms. The number of carbonyl (C=O) groups is 2. The lowest BCUT2D eigenvalue weighted by atomic mass is 10.1. The van der Waals surface area contributed by atoms with Gasteiger partial charge in [-0.05, 0) is 48.0 Å². The van der Waals surface area contributed by atoms with Gasteiger partial charge in [0.1, 0.15) is 16.4 Å². The number of sulfonamides is 1. The van der Waals surface area contributed by atoms with Gasteiger partial charge in [0.15, 0.2) is 0 Å². The zero-order valence-corrected chi connectivity index (χ0v) is 28.6. The first-order chi connectivity index (χ1) is 21.7. The van der Waals surface area contributed by atoms with Gasteiger partial charge in [0.05, 0.1) is 50.1 Å². The Labute approximate surface area is 274 Å². The van der Waals surface area contributed by atoms with E-state index in [9.17, 15) is 23.1 Å². The standard InChI is InChI=1S/C31H36ClN5O7SSi/c1-43-24-11-12-26(28(18-24)44-2)35-45(41,42)29-17-22(34-30(38)16-21-8-6-7-9-25(21)32)10-13-27(29)37-20-23(19-33-37)36(31(39)40)14-15-46(3,4)5/h6-13,17-20,35H,14-16H2,1-5H3,(H,34,38)(H,39,40). The molecule has 46 heavy (non-hydrogen) atoms. The second-order valence-corrected chi connectivity index (χ2v) is 19.2. The van der Waals surface area contributed by atoms with Gasteiger partial charge in [0, 0.05) is 31.4 Å². The minimum absolute atomic E-state index is 0.0320. The lowest BCUT2D eigenvalue weighted by Crippen LogP contribution is -2.34. The van der Waals surface area contributed by atoms with Crippen LogP contribution >= 0.6 is 11.6 Å². The van der Waals surface area contributed by atoms with E-state index in [4.69, 9.17) is 21.1 Å². The summed E-state index contributed by atoms with van der Waals surface area (Å²) in [7, 11) is -3.05. The summed E-state index contributed by atoms with van der Waals surface area (Å²) in [5.74, 6) is 0.272. The van der Waals surface area contributed by atoms with Crippen molar-refractivity contribution in [3.8, 4) is 17.2 Å². The fourth-order valence-corrected chi connectivity index (χ4v) is 6.85. The molecule has 0 saturated heterocycles. The van der Waals surface area contributed by atoms with Gasteiger partial charge in [0.2, 0.25) is 5.91 Å². The number of carbonyl (C=O) groups excluding carboxylic acids is 1. The van der Waals surface area contributed by atoms with Crippen LogP contribution in [0.1, 0.15) is 5.56 Å². The summed E-state index contributed by atoms with van der Waals surface area (Å²) in [5.41, 5.74) is 1.37. The number of hydrogen-bond acceptors (Lipinski definition) is 7. The van der Waals surface area contributed by atoms with Crippen molar-refractivity contribution in [2.75, 3.05) is 35.7 Å². The number of rotatable bonds is 13. The van der Waals surface area contributed by atoms with E-state index >= 15 is 0 Å². The molecule has 0 aliphatic rings. The average Bonchev–Trinajstić information content (AvgIpc) is 3.47. The zero-order chi connectivity index (χ0) is 33.6. The number of halogens is 1. The zero-order valence-electron chi connectivity index (χ0n) is 26.1. The predicted octanol–water partition coefficient (Wildman–Crippen LogP) is 6.35. The molecule has 0 spiro atoms. The first-order valence-electron chi connectivity index (χ1n) is 14.2. The molecule has 3 N–H and O–H groups in total. The molecule has 0 fully saturated rings. The molecule has 0 radical (unpaired) electrons. The Morgan fingerprint density at radius 2 is 1.78 bits per heavy atom. The molecule has 15 heteroatoms. The summed E-state index contributed by atoms with van der Waals surface area (Å²) in [6.07, 6.45) is 1.65. The van der Waals surface area contributed by atoms with E-state index in [-0.39, 0.29) is 46.4 Å². The van der Waals surface area contributed by atoms with Crippen molar-refractivity contribution >= 4 is 58.8 Å². The summed E-state index contributed by atoms with van der Waals surface area (Å²) < 4.78 is 42.4. The number of anilines is 3. The summed E-state index contributed by atoms with van der Waals surface area (Å²) in [6.45, 7) is 6.71. The van der Waals surface area contributed by atoms with Crippen molar-refractivity contribution in [1.29, 1.82) is 0 Å². The van der Waals surface area contributed by atoms with Gasteiger partial charge >= 0.3 is 6.09 Å². The molecule has 4 aromatic rings. The Balaban J connectivity index is 1.74. The highest BCUT2D eigenvalue weighted by Crippen LogP contribution is 2.33. The van der Waals surface area contributed by atoms with Crippen LogP contribution in [0.2, 0.25) is 30.7 Å². The van der Waals surface area contributed by atoms with E-state index in [0.717, 1.165) is 6.04 Å². The monoisotopic (exact) mass is 685 g/mol. The molecule has 0 atom stereocenters. The summed E-state index contributed by atoms with van der Waals surface area (Å²) in [6, 6.07) is 16.6. The molecule has 0 unspecified atom stereocenters. The molecule has 2 amide bonds. The fourth-order valence-electron chi connectivity index (χ4n) is 4.47. The van der Waals surface area contributed by atoms with Crippen LogP contribution in [0.25, 0.3) is 5.69 Å². The molecular formula is C31H36ClN5O7SSi. The second-order valence-electron chi connectivity index (χ2n) is 11.6. The number of carboxylic acid groups (broad SMARTS) is 1. The topological polar surface area (TPSA) is 152 Å². The molecule has 0 aliphatic carbocycles. The summed E-state index contributed by atoms with van der Waals surface area (Å²) in [4.78, 5) is 26.0. The highest BCUT2D eigenvalue weighted by atomic mass is 35.5. The van der Waals surface area contributed by atoms with Crippen molar-refractivity contribution in [2.24, 2.45) is 0 Å². The van der Waals surface area contributed by atoms with E-state index in [0.29, 0.717) is 16.3 Å². The van der Waals surface area contributed by atoms with Crippen LogP contribution in [0, 0.1) is 0 Å². The molecule has 0 aliphatic heterocycles. The Morgan fingerprint density at radius 3 is 2.43 bits per heavy atom. The Morgan fingerprint density at radius 1 is 1.04 bits per heavy atom. The van der Waals surface area contributed by atoms with Crippen molar-refractivity contribution < 1.29 is 32.6 Å². The van der Waals surface area contributed by atoms with Crippen LogP contribution in [0.4, 0.5) is 21.9 Å². The number of benzene rings is 3. The van der Waals surface area contributed by atoms with Gasteiger partial charge < -0.3 is 19.9 Å². The molecule has 3 aromatic carbocycles. The lowest BCUT2D eigenvalue weighted by molar-refractivity contribution is -0.115. The van der Waals surface area contributed by atoms with Crippen molar-refractivity contribution in [3.63, 3.8) is 0 Å². The first kappa shape index (κ1) is 34.3. The molecule has 12 nitrogen and oxygen atoms in total. The number of nitrogens with one attached hydrogen (secondary N) is 2. The predicted molar refractivity (Wildman–Crippen MR) is 181 cm³/mol. The van der Waals surface area contributed by atoms with E-state index in [1.165, 1.54) is 66.5 Å². The Bertz CT molecular complexity index is 1840. The second kappa shape index (κ2) is 14.3. The van der Waals surface area contributed by atoms with Gasteiger partial charge in [0.25, 0.3) is 10.0 Å². The maximum absolute atomic E-state index is 14.0. The molecule has 0 saturated carbocycles. The van der Waals surface area contributed by atoms with Gasteiger partial charge in [-0.15, -0.1) is 0 Å². The Hall–Kier alpha value is -4.53. The maximum Gasteiger partial charge on any atom is 0.411 e. The lowest BCUT2D eigenvalue weighted by Gasteiger charge is -2.22. The highest BCUT2D eigenvalue weighted by molar-refractivity contribution is 7.92. The van der Waals surface area contributed by atoms with E-state index in [1.807, 2.05) is 0 Å². The molecule has 1 aromatic heterocycles. The quantitative estimate of drug-likeness (QED) is 0.138. The van der Waals surface area contributed by atoms with E-state index < -0.39 is 30.1 Å². The molecule has 1 heterocycles. The first-order valence-corrected chi connectivity index (χ1v) is 19.8. The fraction of sp³-hybridized carbons (Fsp3) is 0.258. The van der Waals surface area contributed by atoms with Crippen LogP contribution in [-0.2, 0) is 21.2 Å². The largest absolute Gasteiger partial charge is 0.497 e. The van der Waals surface area contributed by atoms with E-state index in [1.54, 1.807) is 30.3 Å². The smallest absolute Gasteiger partial charge is 0.411 e. The van der Waals surface area contributed by atoms with E-state index in [2.05, 4.69) is 34.8 Å². The van der Waals surface area contributed by atoms with Crippen LogP contribution in [0.5, 0.6) is 11.5 Å². The van der Waals surface area contributed by atoms with Crippen molar-refractivity contribution in [2.45, 2.75) is 37.0 Å². The third kappa shape index (κ3) is 8.59. The van der Waals surface area contributed by atoms with Crippen LogP contribution in [0.15, 0.2) is 78.0 Å². The van der Waals surface area contributed by atoms with Gasteiger partial charge in [-0.25, -0.2) is 17.9 Å². The van der Waals surface area contributed by atoms with Gasteiger partial charge in [-0.3, -0.25) is 14.4 Å². The number of amides is 2. The number of methoxy groups -OCH3 is 2.